The summed E-state index contributed by atoms with van der Waals surface area (Å²) in [6, 6.07) is 15.6. The number of hydrogen-bond acceptors (Lipinski definition) is 6. The van der Waals surface area contributed by atoms with Crippen LogP contribution in [0.3, 0.4) is 0 Å². The Labute approximate surface area is 222 Å². The van der Waals surface area contributed by atoms with Crippen LogP contribution in [-0.4, -0.2) is 40.7 Å². The van der Waals surface area contributed by atoms with E-state index >= 15 is 0 Å². The summed E-state index contributed by atoms with van der Waals surface area (Å²) in [4.78, 5) is 26.6. The highest BCUT2D eigenvalue weighted by Crippen LogP contribution is 2.36. The average Bonchev–Trinajstić information content (AvgIpc) is 3.37. The summed E-state index contributed by atoms with van der Waals surface area (Å²) in [7, 11) is 1.62. The van der Waals surface area contributed by atoms with Crippen molar-refractivity contribution in [1.29, 1.82) is 0 Å². The Morgan fingerprint density at radius 1 is 1.08 bits per heavy atom. The fraction of sp³-hybridized carbons (Fsp3) is 0.345. The average molecular weight is 515 g/mol. The van der Waals surface area contributed by atoms with Crippen molar-refractivity contribution >= 4 is 28.6 Å². The number of aromatic nitrogens is 3. The van der Waals surface area contributed by atoms with Crippen LogP contribution < -0.4 is 25.4 Å². The van der Waals surface area contributed by atoms with Crippen molar-refractivity contribution in [2.75, 3.05) is 24.4 Å². The summed E-state index contributed by atoms with van der Waals surface area (Å²) in [5.74, 6) is 1.83. The second-order valence-electron chi connectivity index (χ2n) is 9.60. The molecule has 4 N–H and O–H groups in total. The first-order valence-electron chi connectivity index (χ1n) is 13.1. The summed E-state index contributed by atoms with van der Waals surface area (Å²) < 4.78 is 11.7. The van der Waals surface area contributed by atoms with E-state index in [4.69, 9.17) is 15.2 Å². The van der Waals surface area contributed by atoms with Crippen LogP contribution in [0.1, 0.15) is 43.2 Å². The van der Waals surface area contributed by atoms with Gasteiger partial charge in [-0.1, -0.05) is 6.07 Å². The number of H-pyrrole nitrogens is 1. The smallest absolute Gasteiger partial charge is 0.322 e. The van der Waals surface area contributed by atoms with Gasteiger partial charge in [0.2, 0.25) is 0 Å². The van der Waals surface area contributed by atoms with E-state index in [2.05, 4.69) is 20.3 Å². The molecule has 2 aromatic heterocycles. The normalized spacial score (nSPS) is 13.2. The standard InChI is InChI=1S/C29H34N6O3/c1-37-27-17-23(9-11-26(27)38-14-3-2-5-20-12-13-31-28(30)16-20)35(22-6-4-7-22)29(36)32-18-21-8-10-24-25(15-21)34-19-33-24/h8-13,15-17,19,22H,2-7,14,18H2,1H3,(H2,30,31)(H,32,36)(H,33,34). The van der Waals surface area contributed by atoms with E-state index in [-0.39, 0.29) is 12.1 Å². The molecule has 0 atom stereocenters. The Kier molecular flexibility index (Phi) is 7.92. The fourth-order valence-electron chi connectivity index (χ4n) is 4.68. The van der Waals surface area contributed by atoms with Gasteiger partial charge in [0.25, 0.3) is 0 Å². The van der Waals surface area contributed by atoms with Gasteiger partial charge >= 0.3 is 6.03 Å². The number of benzene rings is 2. The maximum absolute atomic E-state index is 13.3. The van der Waals surface area contributed by atoms with Crippen LogP contribution in [0.5, 0.6) is 11.5 Å². The number of amides is 2. The van der Waals surface area contributed by atoms with Crippen LogP contribution >= 0.6 is 0 Å². The Balaban J connectivity index is 1.19. The number of unbranched alkanes of at least 4 members (excludes halogenated alkanes) is 1. The zero-order chi connectivity index (χ0) is 26.3. The van der Waals surface area contributed by atoms with Crippen molar-refractivity contribution in [1.82, 2.24) is 20.3 Å². The van der Waals surface area contributed by atoms with Gasteiger partial charge in [-0.3, -0.25) is 4.90 Å². The molecule has 0 radical (unpaired) electrons. The number of nitrogens with two attached hydrogens (primary N) is 1. The summed E-state index contributed by atoms with van der Waals surface area (Å²) in [5, 5.41) is 3.09. The number of pyridine rings is 1. The predicted molar refractivity (Wildman–Crippen MR) is 149 cm³/mol. The van der Waals surface area contributed by atoms with Gasteiger partial charge in [0.05, 0.1) is 31.1 Å². The second-order valence-corrected chi connectivity index (χ2v) is 9.60. The van der Waals surface area contributed by atoms with Crippen molar-refractivity contribution in [2.24, 2.45) is 0 Å². The minimum absolute atomic E-state index is 0.119. The third kappa shape index (κ3) is 5.99. The van der Waals surface area contributed by atoms with Crippen molar-refractivity contribution in [3.63, 3.8) is 0 Å². The number of aryl methyl sites for hydroxylation is 1. The molecule has 1 aliphatic carbocycles. The third-order valence-corrected chi connectivity index (χ3v) is 6.98. The number of carbonyl (C=O) groups excluding carboxylic acids is 1. The number of aromatic amines is 1. The molecular weight excluding hydrogens is 480 g/mol. The summed E-state index contributed by atoms with van der Waals surface area (Å²) in [6.45, 7) is 1.01. The van der Waals surface area contributed by atoms with Gasteiger partial charge in [-0.05, 0) is 86.1 Å². The number of anilines is 2. The Morgan fingerprint density at radius 2 is 1.97 bits per heavy atom. The van der Waals surface area contributed by atoms with Crippen LogP contribution in [0.4, 0.5) is 16.3 Å². The quantitative estimate of drug-likeness (QED) is 0.236. The zero-order valence-corrected chi connectivity index (χ0v) is 21.7. The molecule has 4 aromatic rings. The number of imidazole rings is 1. The van der Waals surface area contributed by atoms with Gasteiger partial charge in [-0.15, -0.1) is 0 Å². The number of hydrogen-bond donors (Lipinski definition) is 3. The molecule has 0 saturated heterocycles. The van der Waals surface area contributed by atoms with Gasteiger partial charge in [0, 0.05) is 30.5 Å². The van der Waals surface area contributed by atoms with E-state index in [1.54, 1.807) is 19.6 Å². The van der Waals surface area contributed by atoms with Crippen molar-refractivity contribution in [3.8, 4) is 11.5 Å². The maximum atomic E-state index is 13.3. The molecule has 1 fully saturated rings. The monoisotopic (exact) mass is 514 g/mol. The highest BCUT2D eigenvalue weighted by molar-refractivity contribution is 5.93. The Morgan fingerprint density at radius 3 is 2.76 bits per heavy atom. The number of carbonyl (C=O) groups is 1. The molecule has 1 saturated carbocycles. The van der Waals surface area contributed by atoms with Crippen LogP contribution in [0, 0.1) is 0 Å². The Hall–Kier alpha value is -4.27. The molecule has 38 heavy (non-hydrogen) atoms. The molecule has 0 unspecified atom stereocenters. The lowest BCUT2D eigenvalue weighted by molar-refractivity contribution is 0.238. The van der Waals surface area contributed by atoms with Crippen LogP contribution in [0.15, 0.2) is 61.1 Å². The number of ether oxygens (including phenoxy) is 2. The number of urea groups is 1. The first-order chi connectivity index (χ1) is 18.6. The van der Waals surface area contributed by atoms with E-state index < -0.39 is 0 Å². The van der Waals surface area contributed by atoms with Crippen LogP contribution in [-0.2, 0) is 13.0 Å². The van der Waals surface area contributed by atoms with Crippen LogP contribution in [0.25, 0.3) is 11.0 Å². The highest BCUT2D eigenvalue weighted by atomic mass is 16.5. The molecule has 5 rings (SSSR count). The molecule has 0 aliphatic heterocycles. The number of nitrogens with zero attached hydrogens (tertiary/aromatic N) is 3. The van der Waals surface area contributed by atoms with E-state index in [0.717, 1.165) is 60.8 Å². The molecule has 0 spiro atoms. The lowest BCUT2D eigenvalue weighted by Crippen LogP contribution is -2.49. The van der Waals surface area contributed by atoms with Gasteiger partial charge in [-0.2, -0.15) is 0 Å². The number of nitrogens with one attached hydrogen (secondary N) is 2. The number of rotatable bonds is 11. The molecule has 1 aliphatic rings. The first-order valence-corrected chi connectivity index (χ1v) is 13.1. The maximum Gasteiger partial charge on any atom is 0.322 e. The van der Waals surface area contributed by atoms with E-state index in [1.807, 2.05) is 53.4 Å². The molecular formula is C29H34N6O3. The molecule has 9 nitrogen and oxygen atoms in total. The summed E-state index contributed by atoms with van der Waals surface area (Å²) >= 11 is 0. The van der Waals surface area contributed by atoms with E-state index in [0.29, 0.717) is 30.5 Å². The summed E-state index contributed by atoms with van der Waals surface area (Å²) in [6.07, 6.45) is 9.30. The van der Waals surface area contributed by atoms with E-state index in [9.17, 15) is 4.79 Å². The van der Waals surface area contributed by atoms with Gasteiger partial charge < -0.3 is 25.5 Å². The lowest BCUT2D eigenvalue weighted by atomic mass is 9.91. The van der Waals surface area contributed by atoms with Gasteiger partial charge in [0.15, 0.2) is 11.5 Å². The molecule has 2 aromatic carbocycles. The first kappa shape index (κ1) is 25.4. The second kappa shape index (κ2) is 11.9. The van der Waals surface area contributed by atoms with Crippen LogP contribution in [0.2, 0.25) is 0 Å². The van der Waals surface area contributed by atoms with Gasteiger partial charge in [-0.25, -0.2) is 14.8 Å². The molecule has 0 bridgehead atoms. The Bertz CT molecular complexity index is 1380. The third-order valence-electron chi connectivity index (χ3n) is 6.98. The fourth-order valence-corrected chi connectivity index (χ4v) is 4.68. The number of nitrogen functional groups attached to an aromatic ring is 1. The van der Waals surface area contributed by atoms with Crippen molar-refractivity contribution in [2.45, 2.75) is 51.1 Å². The molecule has 9 heteroatoms. The minimum Gasteiger partial charge on any atom is -0.493 e. The van der Waals surface area contributed by atoms with Crippen molar-refractivity contribution in [3.05, 3.63) is 72.2 Å². The van der Waals surface area contributed by atoms with E-state index in [1.165, 1.54) is 5.56 Å². The lowest BCUT2D eigenvalue weighted by Gasteiger charge is -2.37. The van der Waals surface area contributed by atoms with Gasteiger partial charge in [0.1, 0.15) is 5.82 Å². The highest BCUT2D eigenvalue weighted by Gasteiger charge is 2.30. The largest absolute Gasteiger partial charge is 0.493 e. The number of fused-ring (bicyclic) bond motifs is 1. The minimum atomic E-state index is -0.119. The predicted octanol–water partition coefficient (Wildman–Crippen LogP) is 5.22. The SMILES string of the molecule is COc1cc(N(C(=O)NCc2ccc3nc[nH]c3c2)C2CCC2)ccc1OCCCCc1ccnc(N)c1. The number of methoxy groups -OCH3 is 1. The summed E-state index contributed by atoms with van der Waals surface area (Å²) in [5.41, 5.74) is 10.6. The van der Waals surface area contributed by atoms with Crippen molar-refractivity contribution < 1.29 is 14.3 Å². The molecule has 198 valence electrons. The zero-order valence-electron chi connectivity index (χ0n) is 21.7. The topological polar surface area (TPSA) is 118 Å². The molecule has 2 amide bonds. The molecule has 2 heterocycles.